The number of carbonyl (C=O) groups is 2. The maximum Gasteiger partial charge on any atom is 0.272 e. The quantitative estimate of drug-likeness (QED) is 0.198. The van der Waals surface area contributed by atoms with Gasteiger partial charge in [0.05, 0.1) is 16.1 Å². The summed E-state index contributed by atoms with van der Waals surface area (Å²) >= 11 is 1.69. The number of carbonyl (C=O) groups excluding carboxylic acids is 2. The summed E-state index contributed by atoms with van der Waals surface area (Å²) in [4.78, 5) is 37.4. The van der Waals surface area contributed by atoms with Crippen molar-refractivity contribution < 1.29 is 14.5 Å². The van der Waals surface area contributed by atoms with Gasteiger partial charge < -0.3 is 0 Å². The number of nitro groups is 1. The van der Waals surface area contributed by atoms with Crippen molar-refractivity contribution >= 4 is 29.3 Å². The van der Waals surface area contributed by atoms with Crippen LogP contribution in [-0.2, 0) is 0 Å². The van der Waals surface area contributed by atoms with Crippen molar-refractivity contribution in [2.24, 2.45) is 0 Å². The molecule has 0 fully saturated rings. The lowest BCUT2D eigenvalue weighted by atomic mass is 10.1. The van der Waals surface area contributed by atoms with Gasteiger partial charge in [0, 0.05) is 23.1 Å². The highest BCUT2D eigenvalue weighted by atomic mass is 32.2. The van der Waals surface area contributed by atoms with E-state index in [0.717, 1.165) is 36.3 Å². The normalized spacial score (nSPS) is 13.1. The van der Waals surface area contributed by atoms with Crippen molar-refractivity contribution in [1.29, 1.82) is 0 Å². The average Bonchev–Trinajstić information content (AvgIpc) is 2.92. The van der Waals surface area contributed by atoms with E-state index in [-0.39, 0.29) is 22.4 Å². The number of rotatable bonds is 9. The SMILES string of the molecule is Cc1cc(SCCCCCCN2C(=O)c3ccccc3C2=O)ccc1[N+](=O)[O-]. The van der Waals surface area contributed by atoms with Gasteiger partial charge in [-0.25, -0.2) is 0 Å². The van der Waals surface area contributed by atoms with Gasteiger partial charge in [-0.15, -0.1) is 11.8 Å². The van der Waals surface area contributed by atoms with E-state index in [1.807, 2.05) is 6.07 Å². The molecule has 146 valence electrons. The summed E-state index contributed by atoms with van der Waals surface area (Å²) in [7, 11) is 0. The summed E-state index contributed by atoms with van der Waals surface area (Å²) in [5.41, 5.74) is 1.83. The van der Waals surface area contributed by atoms with Crippen LogP contribution in [0.3, 0.4) is 0 Å². The third-order valence-electron chi connectivity index (χ3n) is 4.79. The van der Waals surface area contributed by atoms with Crippen LogP contribution in [0.2, 0.25) is 0 Å². The second kappa shape index (κ2) is 9.01. The number of hydrogen-bond acceptors (Lipinski definition) is 5. The molecule has 2 aromatic rings. The van der Waals surface area contributed by atoms with Crippen LogP contribution in [0.4, 0.5) is 5.69 Å². The molecule has 0 bridgehead atoms. The fourth-order valence-electron chi connectivity index (χ4n) is 3.28. The minimum Gasteiger partial charge on any atom is -0.274 e. The average molecular weight is 398 g/mol. The molecule has 0 radical (unpaired) electrons. The van der Waals surface area contributed by atoms with Crippen molar-refractivity contribution in [3.8, 4) is 0 Å². The number of benzene rings is 2. The highest BCUT2D eigenvalue weighted by Crippen LogP contribution is 2.26. The van der Waals surface area contributed by atoms with Gasteiger partial charge in [0.1, 0.15) is 0 Å². The predicted molar refractivity (Wildman–Crippen MR) is 109 cm³/mol. The molecular formula is C21H22N2O4S. The molecular weight excluding hydrogens is 376 g/mol. The molecule has 2 amide bonds. The van der Waals surface area contributed by atoms with E-state index < -0.39 is 0 Å². The number of aryl methyl sites for hydroxylation is 1. The number of thioether (sulfide) groups is 1. The highest BCUT2D eigenvalue weighted by Gasteiger charge is 2.34. The Balaban J connectivity index is 1.35. The topological polar surface area (TPSA) is 80.5 Å². The molecule has 0 saturated heterocycles. The summed E-state index contributed by atoms with van der Waals surface area (Å²) < 4.78 is 0. The van der Waals surface area contributed by atoms with Crippen LogP contribution in [0.5, 0.6) is 0 Å². The molecule has 0 atom stereocenters. The van der Waals surface area contributed by atoms with Gasteiger partial charge in [0.25, 0.3) is 17.5 Å². The maximum atomic E-state index is 12.3. The van der Waals surface area contributed by atoms with Crippen LogP contribution < -0.4 is 0 Å². The predicted octanol–water partition coefficient (Wildman–Crippen LogP) is 4.85. The number of hydrogen-bond donors (Lipinski definition) is 0. The third kappa shape index (κ3) is 4.42. The van der Waals surface area contributed by atoms with Gasteiger partial charge in [0.2, 0.25) is 0 Å². The van der Waals surface area contributed by atoms with E-state index in [4.69, 9.17) is 0 Å². The molecule has 7 heteroatoms. The van der Waals surface area contributed by atoms with Gasteiger partial charge in [-0.05, 0) is 49.8 Å². The number of nitro benzene ring substituents is 1. The van der Waals surface area contributed by atoms with Crippen LogP contribution in [0.25, 0.3) is 0 Å². The Morgan fingerprint density at radius 1 is 0.964 bits per heavy atom. The third-order valence-corrected chi connectivity index (χ3v) is 5.87. The molecule has 0 aliphatic carbocycles. The smallest absolute Gasteiger partial charge is 0.272 e. The fourth-order valence-corrected chi connectivity index (χ4v) is 4.29. The summed E-state index contributed by atoms with van der Waals surface area (Å²) in [6.45, 7) is 2.21. The van der Waals surface area contributed by atoms with Crippen molar-refractivity contribution in [3.63, 3.8) is 0 Å². The first-order valence-corrected chi connectivity index (χ1v) is 10.3. The minimum atomic E-state index is -0.363. The van der Waals surface area contributed by atoms with E-state index in [0.29, 0.717) is 23.2 Å². The summed E-state index contributed by atoms with van der Waals surface area (Å²) in [6, 6.07) is 12.2. The van der Waals surface area contributed by atoms with E-state index in [1.165, 1.54) is 4.90 Å². The molecule has 28 heavy (non-hydrogen) atoms. The molecule has 1 aliphatic rings. The van der Waals surface area contributed by atoms with E-state index in [9.17, 15) is 19.7 Å². The zero-order valence-electron chi connectivity index (χ0n) is 15.7. The Labute approximate surface area is 168 Å². The Morgan fingerprint density at radius 3 is 2.21 bits per heavy atom. The van der Waals surface area contributed by atoms with Crippen molar-refractivity contribution in [3.05, 3.63) is 69.3 Å². The monoisotopic (exact) mass is 398 g/mol. The number of fused-ring (bicyclic) bond motifs is 1. The maximum absolute atomic E-state index is 12.3. The van der Waals surface area contributed by atoms with E-state index >= 15 is 0 Å². The second-order valence-electron chi connectivity index (χ2n) is 6.78. The molecule has 0 aromatic heterocycles. The summed E-state index contributed by atoms with van der Waals surface area (Å²) in [5, 5.41) is 10.8. The largest absolute Gasteiger partial charge is 0.274 e. The number of amides is 2. The number of nitrogens with zero attached hydrogens (tertiary/aromatic N) is 2. The molecule has 0 N–H and O–H groups in total. The zero-order valence-corrected chi connectivity index (χ0v) is 16.5. The standard InChI is InChI=1S/C21H22N2O4S/c1-15-14-16(10-11-19(15)23(26)27)28-13-7-3-2-6-12-22-20(24)17-8-4-5-9-18(17)21(22)25/h4-5,8-11,14H,2-3,6-7,12-13H2,1H3. The van der Waals surface area contributed by atoms with Crippen LogP contribution >= 0.6 is 11.8 Å². The van der Waals surface area contributed by atoms with Crippen molar-refractivity contribution in [2.45, 2.75) is 37.5 Å². The Morgan fingerprint density at radius 2 is 1.61 bits per heavy atom. The highest BCUT2D eigenvalue weighted by molar-refractivity contribution is 7.99. The van der Waals surface area contributed by atoms with Crippen molar-refractivity contribution in [1.82, 2.24) is 4.90 Å². The molecule has 3 rings (SSSR count). The minimum absolute atomic E-state index is 0.150. The zero-order chi connectivity index (χ0) is 20.1. The Kier molecular flexibility index (Phi) is 6.46. The first-order chi connectivity index (χ1) is 13.5. The molecule has 1 aliphatic heterocycles. The number of unbranched alkanes of at least 4 members (excludes halogenated alkanes) is 3. The molecule has 2 aromatic carbocycles. The van der Waals surface area contributed by atoms with Gasteiger partial charge in [-0.2, -0.15) is 0 Å². The lowest BCUT2D eigenvalue weighted by Gasteiger charge is -2.13. The van der Waals surface area contributed by atoms with E-state index in [1.54, 1.807) is 55.1 Å². The summed E-state index contributed by atoms with van der Waals surface area (Å²) in [6.07, 6.45) is 3.78. The van der Waals surface area contributed by atoms with E-state index in [2.05, 4.69) is 0 Å². The second-order valence-corrected chi connectivity index (χ2v) is 7.94. The van der Waals surface area contributed by atoms with Crippen LogP contribution in [-0.4, -0.2) is 33.9 Å². The lowest BCUT2D eigenvalue weighted by Crippen LogP contribution is -2.30. The molecule has 6 nitrogen and oxygen atoms in total. The first kappa shape index (κ1) is 20.1. The fraction of sp³-hybridized carbons (Fsp3) is 0.333. The molecule has 0 unspecified atom stereocenters. The van der Waals surface area contributed by atoms with Crippen molar-refractivity contribution in [2.75, 3.05) is 12.3 Å². The first-order valence-electron chi connectivity index (χ1n) is 9.32. The number of imide groups is 1. The van der Waals surface area contributed by atoms with Gasteiger partial charge in [-0.3, -0.25) is 24.6 Å². The van der Waals surface area contributed by atoms with Crippen LogP contribution in [0.15, 0.2) is 47.4 Å². The summed E-state index contributed by atoms with van der Waals surface area (Å²) in [5.74, 6) is 0.555. The molecule has 1 heterocycles. The molecule has 0 saturated carbocycles. The Hall–Kier alpha value is -2.67. The molecule has 0 spiro atoms. The lowest BCUT2D eigenvalue weighted by molar-refractivity contribution is -0.385. The van der Waals surface area contributed by atoms with Gasteiger partial charge in [0.15, 0.2) is 0 Å². The van der Waals surface area contributed by atoms with Gasteiger partial charge >= 0.3 is 0 Å². The van der Waals surface area contributed by atoms with Gasteiger partial charge in [-0.1, -0.05) is 25.0 Å². The Bertz CT molecular complexity index is 878. The van der Waals surface area contributed by atoms with Crippen LogP contribution in [0, 0.1) is 17.0 Å². The van der Waals surface area contributed by atoms with Crippen LogP contribution in [0.1, 0.15) is 52.0 Å².